The number of pyridine rings is 1. The number of benzene rings is 1. The van der Waals surface area contributed by atoms with Crippen LogP contribution in [0, 0.1) is 11.3 Å². The Kier molecular flexibility index (Phi) is 7.64. The molecule has 2 aliphatic heterocycles. The molecule has 0 unspecified atom stereocenters. The summed E-state index contributed by atoms with van der Waals surface area (Å²) in [6.45, 7) is 11.6. The third-order valence-corrected chi connectivity index (χ3v) is 9.94. The van der Waals surface area contributed by atoms with Gasteiger partial charge in [0.2, 0.25) is 5.95 Å². The van der Waals surface area contributed by atoms with Gasteiger partial charge in [-0.25, -0.2) is 22.8 Å². The Morgan fingerprint density at radius 2 is 1.85 bits per heavy atom. The molecule has 0 spiro atoms. The molecule has 40 heavy (non-hydrogen) atoms. The van der Waals surface area contributed by atoms with Gasteiger partial charge in [-0.05, 0) is 35.1 Å². The van der Waals surface area contributed by atoms with E-state index in [0.29, 0.717) is 43.1 Å². The molecule has 2 fully saturated rings. The van der Waals surface area contributed by atoms with E-state index in [1.807, 2.05) is 26.1 Å². The maximum absolute atomic E-state index is 14.5. The van der Waals surface area contributed by atoms with Crippen LogP contribution in [0.2, 0.25) is 0 Å². The molecule has 0 saturated carbocycles. The van der Waals surface area contributed by atoms with E-state index in [1.165, 1.54) is 5.56 Å². The first-order valence-corrected chi connectivity index (χ1v) is 15.7. The fourth-order valence-corrected chi connectivity index (χ4v) is 6.91. The second-order valence-corrected chi connectivity index (χ2v) is 14.5. The summed E-state index contributed by atoms with van der Waals surface area (Å²) in [5.74, 6) is 2.42. The molecule has 2 N–H and O–H groups in total. The van der Waals surface area contributed by atoms with Gasteiger partial charge in [-0.15, -0.1) is 0 Å². The van der Waals surface area contributed by atoms with Crippen LogP contribution in [-0.4, -0.2) is 78.4 Å². The molecule has 1 aromatic carbocycles. The highest BCUT2D eigenvalue weighted by Gasteiger charge is 2.42. The molecule has 9 nitrogen and oxygen atoms in total. The first-order valence-electron chi connectivity index (χ1n) is 13.9. The smallest absolute Gasteiger partial charge is 0.227 e. The Hall–Kier alpha value is -3.05. The maximum Gasteiger partial charge on any atom is 0.227 e. The Morgan fingerprint density at radius 1 is 1.10 bits per heavy atom. The second kappa shape index (κ2) is 10.7. The van der Waals surface area contributed by atoms with Crippen molar-refractivity contribution in [2.45, 2.75) is 52.8 Å². The van der Waals surface area contributed by atoms with E-state index >= 15 is 0 Å². The number of aliphatic hydroxyl groups excluding tert-OH is 1. The Morgan fingerprint density at radius 3 is 2.52 bits per heavy atom. The topological polar surface area (TPSA) is 112 Å². The predicted molar refractivity (Wildman–Crippen MR) is 158 cm³/mol. The van der Waals surface area contributed by atoms with Gasteiger partial charge in [-0.3, -0.25) is 0 Å². The van der Waals surface area contributed by atoms with E-state index in [-0.39, 0.29) is 24.0 Å². The number of nitrogens with zero attached hydrogens (tertiary/aromatic N) is 5. The quantitative estimate of drug-likeness (QED) is 0.409. The molecular formula is C29H39FN6O3S. The minimum atomic E-state index is -2.99. The van der Waals surface area contributed by atoms with E-state index in [2.05, 4.69) is 51.1 Å². The summed E-state index contributed by atoms with van der Waals surface area (Å²) in [6, 6.07) is 8.02. The first kappa shape index (κ1) is 28.5. The third-order valence-electron chi connectivity index (χ3n) is 8.08. The number of alkyl halides is 1. The van der Waals surface area contributed by atoms with Crippen LogP contribution in [-0.2, 0) is 9.84 Å². The fourth-order valence-electron chi connectivity index (χ4n) is 5.75. The third kappa shape index (κ3) is 5.72. The largest absolute Gasteiger partial charge is 0.389 e. The standard InChI is InChI=1S/C29H39FN6O3S/c1-6-40(38,39)16-19-13-35(14-19)24-8-7-20(18(2)3)21-11-26(32-12-22(21)24)33-25-9-10-31-28(34-25)36-15-23(30)27(37)29(4,5)17-36/h7-12,18-19,23,27,37H,6,13-17H2,1-5H3,(H,31,32,33,34)/t23-,27-/m0/s1. The van der Waals surface area contributed by atoms with Gasteiger partial charge in [0.1, 0.15) is 27.6 Å². The molecule has 0 bridgehead atoms. The SMILES string of the molecule is CCS(=O)(=O)CC1CN(c2ccc(C(C)C)c3cc(Nc4ccnc(N5C[C@H](F)[C@H](O)C(C)(C)C5)n4)ncc23)C1. The highest BCUT2D eigenvalue weighted by atomic mass is 32.2. The fraction of sp³-hybridized carbons (Fsp3) is 0.552. The highest BCUT2D eigenvalue weighted by molar-refractivity contribution is 7.91. The summed E-state index contributed by atoms with van der Waals surface area (Å²) >= 11 is 0. The zero-order valence-electron chi connectivity index (χ0n) is 23.8. The molecule has 0 amide bonds. The van der Waals surface area contributed by atoms with Crippen LogP contribution >= 0.6 is 0 Å². The number of aromatic nitrogens is 3. The van der Waals surface area contributed by atoms with Crippen molar-refractivity contribution < 1.29 is 17.9 Å². The average molecular weight is 571 g/mol. The molecule has 0 aliphatic carbocycles. The lowest BCUT2D eigenvalue weighted by Crippen LogP contribution is -2.55. The lowest BCUT2D eigenvalue weighted by Gasteiger charge is -2.43. The molecule has 2 aromatic heterocycles. The molecule has 2 aliphatic rings. The van der Waals surface area contributed by atoms with Gasteiger partial charge < -0.3 is 20.2 Å². The van der Waals surface area contributed by atoms with Gasteiger partial charge in [0.05, 0.1) is 18.4 Å². The van der Waals surface area contributed by atoms with Gasteiger partial charge >= 0.3 is 0 Å². The summed E-state index contributed by atoms with van der Waals surface area (Å²) in [5, 5.41) is 15.6. The van der Waals surface area contributed by atoms with Crippen LogP contribution in [0.5, 0.6) is 0 Å². The van der Waals surface area contributed by atoms with Crippen LogP contribution in [0.15, 0.2) is 36.7 Å². The van der Waals surface area contributed by atoms with Crippen molar-refractivity contribution in [2.75, 3.05) is 52.8 Å². The van der Waals surface area contributed by atoms with Crippen molar-refractivity contribution in [1.82, 2.24) is 15.0 Å². The number of halogens is 1. The van der Waals surface area contributed by atoms with E-state index in [9.17, 15) is 17.9 Å². The minimum Gasteiger partial charge on any atom is -0.389 e. The van der Waals surface area contributed by atoms with Crippen LogP contribution in [0.3, 0.4) is 0 Å². The van der Waals surface area contributed by atoms with Crippen LogP contribution in [0.25, 0.3) is 10.8 Å². The number of hydrogen-bond acceptors (Lipinski definition) is 9. The molecule has 11 heteroatoms. The van der Waals surface area contributed by atoms with Crippen molar-refractivity contribution in [2.24, 2.45) is 11.3 Å². The molecule has 3 aromatic rings. The van der Waals surface area contributed by atoms with Crippen LogP contribution in [0.4, 0.5) is 27.7 Å². The number of aliphatic hydroxyl groups is 1. The zero-order valence-corrected chi connectivity index (χ0v) is 24.6. The molecule has 4 heterocycles. The summed E-state index contributed by atoms with van der Waals surface area (Å²) in [6.07, 6.45) is 1.08. The molecule has 2 atom stereocenters. The van der Waals surface area contributed by atoms with Crippen LogP contribution in [0.1, 0.15) is 46.1 Å². The normalized spacial score (nSPS) is 21.6. The van der Waals surface area contributed by atoms with Crippen molar-refractivity contribution >= 4 is 43.9 Å². The predicted octanol–water partition coefficient (Wildman–Crippen LogP) is 4.31. The number of nitrogens with one attached hydrogen (secondary N) is 1. The van der Waals surface area contributed by atoms with Crippen molar-refractivity contribution in [3.63, 3.8) is 0 Å². The number of piperidine rings is 1. The zero-order chi connectivity index (χ0) is 28.8. The minimum absolute atomic E-state index is 0.0323. The number of anilines is 4. The van der Waals surface area contributed by atoms with Crippen molar-refractivity contribution in [3.8, 4) is 0 Å². The van der Waals surface area contributed by atoms with Crippen LogP contribution < -0.4 is 15.1 Å². The first-order chi connectivity index (χ1) is 18.9. The summed E-state index contributed by atoms with van der Waals surface area (Å²) in [4.78, 5) is 17.7. The number of rotatable bonds is 8. The van der Waals surface area contributed by atoms with Crippen molar-refractivity contribution in [3.05, 3.63) is 42.2 Å². The Labute approximate surface area is 235 Å². The Balaban J connectivity index is 1.38. The number of hydrogen-bond donors (Lipinski definition) is 2. The molecule has 216 valence electrons. The molecular weight excluding hydrogens is 531 g/mol. The summed E-state index contributed by atoms with van der Waals surface area (Å²) < 4.78 is 38.6. The number of fused-ring (bicyclic) bond motifs is 1. The van der Waals surface area contributed by atoms with E-state index < -0.39 is 27.5 Å². The average Bonchev–Trinajstić information content (AvgIpc) is 2.88. The van der Waals surface area contributed by atoms with Gasteiger partial charge in [-0.1, -0.05) is 40.7 Å². The Bertz CT molecular complexity index is 1490. The molecule has 0 radical (unpaired) electrons. The van der Waals surface area contributed by atoms with Gasteiger partial charge in [0.25, 0.3) is 0 Å². The monoisotopic (exact) mass is 570 g/mol. The summed E-state index contributed by atoms with van der Waals surface area (Å²) in [7, 11) is -2.99. The van der Waals surface area contributed by atoms with Gasteiger partial charge in [0.15, 0.2) is 0 Å². The molecule has 2 saturated heterocycles. The number of sulfone groups is 1. The second-order valence-electron chi connectivity index (χ2n) is 12.1. The molecule has 5 rings (SSSR count). The summed E-state index contributed by atoms with van der Waals surface area (Å²) in [5.41, 5.74) is 1.63. The van der Waals surface area contributed by atoms with Gasteiger partial charge in [-0.2, -0.15) is 4.98 Å². The van der Waals surface area contributed by atoms with Gasteiger partial charge in [0, 0.05) is 60.2 Å². The van der Waals surface area contributed by atoms with E-state index in [4.69, 9.17) is 0 Å². The lowest BCUT2D eigenvalue weighted by atomic mass is 9.80. The maximum atomic E-state index is 14.5. The van der Waals surface area contributed by atoms with E-state index in [0.717, 1.165) is 16.5 Å². The van der Waals surface area contributed by atoms with E-state index in [1.54, 1.807) is 24.1 Å². The van der Waals surface area contributed by atoms with Crippen molar-refractivity contribution in [1.29, 1.82) is 0 Å². The lowest BCUT2D eigenvalue weighted by molar-refractivity contribution is -0.0257. The highest BCUT2D eigenvalue weighted by Crippen LogP contribution is 2.37.